The molecule has 0 aromatic heterocycles. The molecule has 3 nitrogen and oxygen atoms in total. The lowest BCUT2D eigenvalue weighted by Crippen LogP contribution is -2.38. The van der Waals surface area contributed by atoms with Crippen molar-refractivity contribution in [3.8, 4) is 0 Å². The van der Waals surface area contributed by atoms with E-state index < -0.39 is 6.43 Å². The van der Waals surface area contributed by atoms with Crippen molar-refractivity contribution in [2.45, 2.75) is 31.9 Å². The molecule has 2 aromatic rings. The molecule has 1 fully saturated rings. The summed E-state index contributed by atoms with van der Waals surface area (Å²) in [6.07, 6.45) is -0.450. The molecule has 0 radical (unpaired) electrons. The summed E-state index contributed by atoms with van der Waals surface area (Å²) in [4.78, 5) is 2.44. The van der Waals surface area contributed by atoms with E-state index in [9.17, 15) is 8.78 Å². The lowest BCUT2D eigenvalue weighted by molar-refractivity contribution is 0.151. The first-order chi connectivity index (χ1) is 11.6. The minimum Gasteiger partial charge on any atom is -0.397 e. The van der Waals surface area contributed by atoms with Crippen LogP contribution in [0.5, 0.6) is 0 Å². The number of nitrogen functional groups attached to an aromatic ring is 1. The van der Waals surface area contributed by atoms with Crippen molar-refractivity contribution in [2.24, 2.45) is 0 Å². The van der Waals surface area contributed by atoms with Crippen molar-refractivity contribution >= 4 is 11.4 Å². The molecule has 0 bridgehead atoms. The molecule has 1 heterocycles. The number of hydrogen-bond acceptors (Lipinski definition) is 3. The molecule has 5 heteroatoms. The summed E-state index contributed by atoms with van der Waals surface area (Å²) in [5, 5.41) is 3.40. The molecule has 0 amide bonds. The van der Waals surface area contributed by atoms with Crippen molar-refractivity contribution in [3.05, 3.63) is 59.7 Å². The van der Waals surface area contributed by atoms with Crippen LogP contribution in [0, 0.1) is 0 Å². The van der Waals surface area contributed by atoms with Gasteiger partial charge in [0.1, 0.15) is 0 Å². The van der Waals surface area contributed by atoms with Gasteiger partial charge in [0.2, 0.25) is 0 Å². The smallest absolute Gasteiger partial charge is 0.263 e. The fourth-order valence-corrected chi connectivity index (χ4v) is 3.15. The van der Waals surface area contributed by atoms with E-state index in [1.54, 1.807) is 6.07 Å². The Morgan fingerprint density at radius 3 is 2.42 bits per heavy atom. The Morgan fingerprint density at radius 1 is 1.08 bits per heavy atom. The van der Waals surface area contributed by atoms with Crippen molar-refractivity contribution < 1.29 is 8.78 Å². The van der Waals surface area contributed by atoms with Gasteiger partial charge < -0.3 is 11.1 Å². The summed E-state index contributed by atoms with van der Waals surface area (Å²) < 4.78 is 25.4. The number of piperidine rings is 1. The van der Waals surface area contributed by atoms with E-state index in [1.807, 2.05) is 6.07 Å². The van der Waals surface area contributed by atoms with Crippen LogP contribution in [0.2, 0.25) is 0 Å². The van der Waals surface area contributed by atoms with E-state index in [2.05, 4.69) is 34.5 Å². The molecule has 2 aromatic carbocycles. The monoisotopic (exact) mass is 331 g/mol. The van der Waals surface area contributed by atoms with Crippen LogP contribution >= 0.6 is 0 Å². The Labute approximate surface area is 141 Å². The first-order valence-corrected chi connectivity index (χ1v) is 8.32. The molecule has 1 aliphatic heterocycles. The van der Waals surface area contributed by atoms with Crippen molar-refractivity contribution in [1.29, 1.82) is 0 Å². The van der Waals surface area contributed by atoms with Crippen LogP contribution in [0.25, 0.3) is 0 Å². The summed E-state index contributed by atoms with van der Waals surface area (Å²) in [5.41, 5.74) is 8.34. The molecule has 3 N–H and O–H groups in total. The largest absolute Gasteiger partial charge is 0.397 e. The van der Waals surface area contributed by atoms with E-state index >= 15 is 0 Å². The normalized spacial score (nSPS) is 16.5. The number of nitrogens with one attached hydrogen (secondary N) is 1. The average Bonchev–Trinajstić information content (AvgIpc) is 2.59. The molecule has 0 unspecified atom stereocenters. The Hall–Kier alpha value is -2.14. The van der Waals surface area contributed by atoms with Crippen LogP contribution < -0.4 is 11.1 Å². The highest BCUT2D eigenvalue weighted by Gasteiger charge is 2.20. The van der Waals surface area contributed by atoms with Crippen molar-refractivity contribution in [2.75, 3.05) is 24.1 Å². The Kier molecular flexibility index (Phi) is 5.30. The molecular formula is C19H23F2N3. The molecule has 1 saturated heterocycles. The molecule has 0 aliphatic carbocycles. The van der Waals surface area contributed by atoms with E-state index in [0.29, 0.717) is 11.7 Å². The van der Waals surface area contributed by atoms with Gasteiger partial charge in [-0.3, -0.25) is 4.90 Å². The van der Waals surface area contributed by atoms with Gasteiger partial charge >= 0.3 is 0 Å². The average molecular weight is 331 g/mol. The van der Waals surface area contributed by atoms with Crippen LogP contribution in [0.4, 0.5) is 20.2 Å². The lowest BCUT2D eigenvalue weighted by Gasteiger charge is -2.33. The number of likely N-dealkylation sites (tertiary alicyclic amines) is 1. The zero-order valence-electron chi connectivity index (χ0n) is 13.6. The number of rotatable bonds is 5. The number of nitrogens with zero attached hydrogens (tertiary/aromatic N) is 1. The van der Waals surface area contributed by atoms with E-state index in [-0.39, 0.29) is 5.56 Å². The highest BCUT2D eigenvalue weighted by molar-refractivity contribution is 5.67. The molecular weight excluding hydrogens is 308 g/mol. The third-order valence-corrected chi connectivity index (χ3v) is 4.52. The minimum atomic E-state index is -2.48. The van der Waals surface area contributed by atoms with Gasteiger partial charge in [0.15, 0.2) is 0 Å². The van der Waals surface area contributed by atoms with Gasteiger partial charge in [0.05, 0.1) is 11.4 Å². The van der Waals surface area contributed by atoms with Gasteiger partial charge in [-0.2, -0.15) is 0 Å². The van der Waals surface area contributed by atoms with E-state index in [0.717, 1.165) is 38.2 Å². The second-order valence-electron chi connectivity index (χ2n) is 6.33. The molecule has 0 atom stereocenters. The van der Waals surface area contributed by atoms with Crippen LogP contribution in [0.15, 0.2) is 48.5 Å². The van der Waals surface area contributed by atoms with E-state index in [1.165, 1.54) is 17.7 Å². The number of hydrogen-bond donors (Lipinski definition) is 2. The van der Waals surface area contributed by atoms with Crippen LogP contribution in [0.3, 0.4) is 0 Å². The molecule has 128 valence electrons. The molecule has 1 aliphatic rings. The molecule has 0 spiro atoms. The van der Waals surface area contributed by atoms with Gasteiger partial charge in [-0.05, 0) is 30.5 Å². The Morgan fingerprint density at radius 2 is 1.79 bits per heavy atom. The molecule has 24 heavy (non-hydrogen) atoms. The van der Waals surface area contributed by atoms with E-state index in [4.69, 9.17) is 5.73 Å². The van der Waals surface area contributed by atoms with Crippen LogP contribution in [-0.2, 0) is 6.54 Å². The van der Waals surface area contributed by atoms with Gasteiger partial charge in [-0.25, -0.2) is 8.78 Å². The quantitative estimate of drug-likeness (QED) is 0.804. The highest BCUT2D eigenvalue weighted by atomic mass is 19.3. The first kappa shape index (κ1) is 16.7. The first-order valence-electron chi connectivity index (χ1n) is 8.32. The Bertz CT molecular complexity index is 653. The summed E-state index contributed by atoms with van der Waals surface area (Å²) in [6.45, 7) is 3.00. The predicted molar refractivity (Wildman–Crippen MR) is 94.2 cm³/mol. The number of nitrogens with two attached hydrogens (primary N) is 1. The van der Waals surface area contributed by atoms with Gasteiger partial charge in [0.25, 0.3) is 6.43 Å². The zero-order valence-corrected chi connectivity index (χ0v) is 13.6. The van der Waals surface area contributed by atoms with Crippen molar-refractivity contribution in [1.82, 2.24) is 4.90 Å². The summed E-state index contributed by atoms with van der Waals surface area (Å²) in [7, 11) is 0. The fraction of sp³-hybridized carbons (Fsp3) is 0.368. The van der Waals surface area contributed by atoms with Gasteiger partial charge in [-0.15, -0.1) is 0 Å². The predicted octanol–water partition coefficient (Wildman–Crippen LogP) is 4.28. The topological polar surface area (TPSA) is 41.3 Å². The number of halogens is 2. The Balaban J connectivity index is 1.52. The minimum absolute atomic E-state index is 0.0317. The van der Waals surface area contributed by atoms with Crippen LogP contribution in [0.1, 0.15) is 30.4 Å². The highest BCUT2D eigenvalue weighted by Crippen LogP contribution is 2.28. The maximum absolute atomic E-state index is 12.7. The third kappa shape index (κ3) is 4.23. The summed E-state index contributed by atoms with van der Waals surface area (Å²) in [6, 6.07) is 15.2. The SMILES string of the molecule is Nc1cc(C(F)F)ccc1NC1CCN(Cc2ccccc2)CC1. The molecule has 0 saturated carbocycles. The summed E-state index contributed by atoms with van der Waals surface area (Å²) >= 11 is 0. The lowest BCUT2D eigenvalue weighted by atomic mass is 10.0. The number of alkyl halides is 2. The second kappa shape index (κ2) is 7.62. The maximum Gasteiger partial charge on any atom is 0.263 e. The fourth-order valence-electron chi connectivity index (χ4n) is 3.15. The second-order valence-corrected chi connectivity index (χ2v) is 6.33. The number of benzene rings is 2. The summed E-state index contributed by atoms with van der Waals surface area (Å²) in [5.74, 6) is 0. The van der Waals surface area contributed by atoms with Gasteiger partial charge in [-0.1, -0.05) is 36.4 Å². The van der Waals surface area contributed by atoms with Crippen molar-refractivity contribution in [3.63, 3.8) is 0 Å². The van der Waals surface area contributed by atoms with Gasteiger partial charge in [0, 0.05) is 31.2 Å². The standard InChI is InChI=1S/C19H23F2N3/c20-19(21)15-6-7-18(17(22)12-15)23-16-8-10-24(11-9-16)13-14-4-2-1-3-5-14/h1-7,12,16,19,23H,8-11,13,22H2. The number of anilines is 2. The van der Waals surface area contributed by atoms with Crippen LogP contribution in [-0.4, -0.2) is 24.0 Å². The molecule has 3 rings (SSSR count). The maximum atomic E-state index is 12.7. The third-order valence-electron chi connectivity index (χ3n) is 4.52. The zero-order chi connectivity index (χ0) is 16.9.